The molecule has 0 fully saturated rings. The second-order valence-electron chi connectivity index (χ2n) is 3.93. The molecule has 0 aliphatic carbocycles. The van der Waals surface area contributed by atoms with E-state index in [0.717, 1.165) is 0 Å². The Labute approximate surface area is 107 Å². The third-order valence-corrected chi connectivity index (χ3v) is 1.88. The SMILES string of the molecule is CNC(=O)CC(C)=O.COC(=O)CC(=O)C(C)C. The summed E-state index contributed by atoms with van der Waals surface area (Å²) in [5.41, 5.74) is 0. The van der Waals surface area contributed by atoms with Gasteiger partial charge in [0.15, 0.2) is 0 Å². The fraction of sp³-hybridized carbons (Fsp3) is 0.667. The van der Waals surface area contributed by atoms with Crippen molar-refractivity contribution >= 4 is 23.4 Å². The van der Waals surface area contributed by atoms with Crippen molar-refractivity contribution < 1.29 is 23.9 Å². The molecule has 0 saturated heterocycles. The Kier molecular flexibility index (Phi) is 10.8. The van der Waals surface area contributed by atoms with E-state index in [-0.39, 0.29) is 36.2 Å². The molecule has 1 amide bonds. The number of nitrogens with one attached hydrogen (secondary N) is 1. The highest BCUT2D eigenvalue weighted by Crippen LogP contribution is 1.98. The number of esters is 1. The zero-order chi connectivity index (χ0) is 14.7. The topological polar surface area (TPSA) is 89.5 Å². The van der Waals surface area contributed by atoms with Crippen LogP contribution in [0.2, 0.25) is 0 Å². The Morgan fingerprint density at radius 3 is 1.83 bits per heavy atom. The molecule has 6 heteroatoms. The van der Waals surface area contributed by atoms with E-state index in [9.17, 15) is 19.2 Å². The van der Waals surface area contributed by atoms with Crippen LogP contribution in [0, 0.1) is 5.92 Å². The van der Waals surface area contributed by atoms with Gasteiger partial charge < -0.3 is 10.1 Å². The maximum absolute atomic E-state index is 10.8. The third-order valence-electron chi connectivity index (χ3n) is 1.88. The second-order valence-corrected chi connectivity index (χ2v) is 3.93. The molecule has 18 heavy (non-hydrogen) atoms. The number of rotatable bonds is 5. The minimum absolute atomic E-state index is 0.00347. The van der Waals surface area contributed by atoms with E-state index in [2.05, 4.69) is 10.1 Å². The Morgan fingerprint density at radius 1 is 1.11 bits per heavy atom. The minimum Gasteiger partial charge on any atom is -0.469 e. The number of ketones is 2. The largest absolute Gasteiger partial charge is 0.469 e. The summed E-state index contributed by atoms with van der Waals surface area (Å²) < 4.78 is 4.31. The number of hydrogen-bond acceptors (Lipinski definition) is 5. The first kappa shape index (κ1) is 18.6. The van der Waals surface area contributed by atoms with Gasteiger partial charge in [0.1, 0.15) is 18.0 Å². The molecule has 6 nitrogen and oxygen atoms in total. The van der Waals surface area contributed by atoms with Gasteiger partial charge in [-0.05, 0) is 6.92 Å². The van der Waals surface area contributed by atoms with Crippen molar-refractivity contribution in [3.63, 3.8) is 0 Å². The van der Waals surface area contributed by atoms with Gasteiger partial charge in [-0.3, -0.25) is 19.2 Å². The summed E-state index contributed by atoms with van der Waals surface area (Å²) in [7, 11) is 2.78. The molecule has 0 atom stereocenters. The van der Waals surface area contributed by atoms with Crippen LogP contribution in [-0.2, 0) is 23.9 Å². The summed E-state index contributed by atoms with van der Waals surface area (Å²) in [4.78, 5) is 41.7. The monoisotopic (exact) mass is 259 g/mol. The third kappa shape index (κ3) is 12.4. The number of hydrogen-bond donors (Lipinski definition) is 1. The lowest BCUT2D eigenvalue weighted by molar-refractivity contribution is -0.144. The lowest BCUT2D eigenvalue weighted by Gasteiger charge is -2.00. The number of carbonyl (C=O) groups excluding carboxylic acids is 4. The first-order chi connectivity index (χ1) is 8.24. The van der Waals surface area contributed by atoms with E-state index < -0.39 is 5.97 Å². The summed E-state index contributed by atoms with van der Waals surface area (Å²) in [5.74, 6) is -0.952. The van der Waals surface area contributed by atoms with Crippen molar-refractivity contribution in [1.29, 1.82) is 0 Å². The first-order valence-electron chi connectivity index (χ1n) is 5.54. The van der Waals surface area contributed by atoms with Gasteiger partial charge in [0.25, 0.3) is 0 Å². The molecule has 0 bridgehead atoms. The smallest absolute Gasteiger partial charge is 0.313 e. The highest BCUT2D eigenvalue weighted by Gasteiger charge is 2.12. The van der Waals surface area contributed by atoms with Gasteiger partial charge in [-0.1, -0.05) is 13.8 Å². The first-order valence-corrected chi connectivity index (χ1v) is 5.54. The standard InChI is InChI=1S/C7H12O3.C5H9NO2/c1-5(2)6(8)4-7(9)10-3;1-4(7)3-5(8)6-2/h5H,4H2,1-3H3;3H2,1-2H3,(H,6,8). The lowest BCUT2D eigenvalue weighted by Crippen LogP contribution is -2.19. The fourth-order valence-electron chi connectivity index (χ4n) is 0.733. The van der Waals surface area contributed by atoms with Gasteiger partial charge in [0.05, 0.1) is 13.5 Å². The number of ether oxygens (including phenoxy) is 1. The fourth-order valence-corrected chi connectivity index (χ4v) is 0.733. The molecule has 0 aromatic carbocycles. The van der Waals surface area contributed by atoms with Gasteiger partial charge in [0.2, 0.25) is 5.91 Å². The number of Topliss-reactive ketones (excluding diaryl/α,β-unsaturated/α-hetero) is 2. The molecule has 1 N–H and O–H groups in total. The average Bonchev–Trinajstić information content (AvgIpc) is 2.28. The van der Waals surface area contributed by atoms with Crippen LogP contribution in [0.15, 0.2) is 0 Å². The second kappa shape index (κ2) is 10.4. The normalized spacial score (nSPS) is 9.00. The molecular formula is C12H21NO5. The summed E-state index contributed by atoms with van der Waals surface area (Å²) in [6.07, 6.45) is -0.106. The average molecular weight is 259 g/mol. The molecule has 0 unspecified atom stereocenters. The predicted molar refractivity (Wildman–Crippen MR) is 65.8 cm³/mol. The predicted octanol–water partition coefficient (Wildman–Crippen LogP) is 0.486. The van der Waals surface area contributed by atoms with Crippen LogP contribution < -0.4 is 5.32 Å². The van der Waals surface area contributed by atoms with Crippen molar-refractivity contribution in [1.82, 2.24) is 5.32 Å². The van der Waals surface area contributed by atoms with Crippen molar-refractivity contribution in [2.75, 3.05) is 14.2 Å². The van der Waals surface area contributed by atoms with Crippen molar-refractivity contribution in [3.8, 4) is 0 Å². The Morgan fingerprint density at radius 2 is 1.61 bits per heavy atom. The van der Waals surface area contributed by atoms with Crippen LogP contribution in [0.1, 0.15) is 33.6 Å². The van der Waals surface area contributed by atoms with E-state index in [1.165, 1.54) is 21.1 Å². The van der Waals surface area contributed by atoms with Crippen LogP contribution in [0.4, 0.5) is 0 Å². The molecule has 0 aliphatic heterocycles. The number of carbonyl (C=O) groups is 4. The molecule has 0 saturated carbocycles. The molecule has 0 heterocycles. The van der Waals surface area contributed by atoms with E-state index in [1.807, 2.05) is 0 Å². The molecule has 0 aromatic rings. The van der Waals surface area contributed by atoms with Crippen LogP contribution in [0.5, 0.6) is 0 Å². The maximum Gasteiger partial charge on any atom is 0.313 e. The quantitative estimate of drug-likeness (QED) is 0.573. The Hall–Kier alpha value is -1.72. The number of methoxy groups -OCH3 is 1. The molecule has 0 rings (SSSR count). The summed E-state index contributed by atoms with van der Waals surface area (Å²) >= 11 is 0. The Bertz CT molecular complexity index is 310. The zero-order valence-corrected chi connectivity index (χ0v) is 11.5. The van der Waals surface area contributed by atoms with Gasteiger partial charge >= 0.3 is 5.97 Å². The van der Waals surface area contributed by atoms with E-state index >= 15 is 0 Å². The lowest BCUT2D eigenvalue weighted by atomic mass is 10.1. The summed E-state index contributed by atoms with van der Waals surface area (Å²) in [6, 6.07) is 0. The Balaban J connectivity index is 0. The van der Waals surface area contributed by atoms with E-state index in [0.29, 0.717) is 0 Å². The molecule has 0 aliphatic rings. The molecule has 0 radical (unpaired) electrons. The van der Waals surface area contributed by atoms with Crippen molar-refractivity contribution in [2.24, 2.45) is 5.92 Å². The summed E-state index contributed by atoms with van der Waals surface area (Å²) in [6.45, 7) is 4.89. The van der Waals surface area contributed by atoms with Gasteiger partial charge in [-0.15, -0.1) is 0 Å². The van der Waals surface area contributed by atoms with Gasteiger partial charge in [-0.25, -0.2) is 0 Å². The van der Waals surface area contributed by atoms with Crippen LogP contribution in [0.25, 0.3) is 0 Å². The minimum atomic E-state index is -0.460. The summed E-state index contributed by atoms with van der Waals surface area (Å²) in [5, 5.41) is 2.34. The zero-order valence-electron chi connectivity index (χ0n) is 11.5. The van der Waals surface area contributed by atoms with Crippen LogP contribution in [0.3, 0.4) is 0 Å². The maximum atomic E-state index is 10.8. The van der Waals surface area contributed by atoms with E-state index in [1.54, 1.807) is 13.8 Å². The van der Waals surface area contributed by atoms with Crippen molar-refractivity contribution in [3.05, 3.63) is 0 Å². The van der Waals surface area contributed by atoms with Gasteiger partial charge in [-0.2, -0.15) is 0 Å². The van der Waals surface area contributed by atoms with Gasteiger partial charge in [0, 0.05) is 13.0 Å². The van der Waals surface area contributed by atoms with Crippen LogP contribution in [-0.4, -0.2) is 37.6 Å². The number of amides is 1. The molecule has 104 valence electrons. The molecule has 0 aromatic heterocycles. The van der Waals surface area contributed by atoms with Crippen LogP contribution >= 0.6 is 0 Å². The highest BCUT2D eigenvalue weighted by molar-refractivity contribution is 5.96. The highest BCUT2D eigenvalue weighted by atomic mass is 16.5. The molecular weight excluding hydrogens is 238 g/mol. The molecule has 0 spiro atoms. The van der Waals surface area contributed by atoms with Crippen molar-refractivity contribution in [2.45, 2.75) is 33.6 Å². The van der Waals surface area contributed by atoms with E-state index in [4.69, 9.17) is 0 Å².